The summed E-state index contributed by atoms with van der Waals surface area (Å²) in [5.74, 6) is 0.574. The number of ether oxygens (including phenoxy) is 1. The van der Waals surface area contributed by atoms with Crippen LogP contribution in [0, 0.1) is 11.8 Å². The molecule has 1 aliphatic rings. The summed E-state index contributed by atoms with van der Waals surface area (Å²) in [7, 11) is 0. The SMILES string of the molecule is CC(C)C1OC(=O)C1CCCc1ccccc1. The number of hydrogen-bond donors (Lipinski definition) is 0. The molecule has 2 nitrogen and oxygen atoms in total. The number of benzene rings is 1. The molecule has 17 heavy (non-hydrogen) atoms. The van der Waals surface area contributed by atoms with E-state index in [9.17, 15) is 4.79 Å². The van der Waals surface area contributed by atoms with E-state index >= 15 is 0 Å². The van der Waals surface area contributed by atoms with Gasteiger partial charge in [-0.05, 0) is 30.7 Å². The fraction of sp³-hybridized carbons (Fsp3) is 0.533. The van der Waals surface area contributed by atoms with Gasteiger partial charge in [0.05, 0.1) is 5.92 Å². The van der Waals surface area contributed by atoms with Crippen LogP contribution in [0.4, 0.5) is 0 Å². The summed E-state index contributed by atoms with van der Waals surface area (Å²) in [6.07, 6.45) is 3.22. The Morgan fingerprint density at radius 2 is 1.94 bits per heavy atom. The smallest absolute Gasteiger partial charge is 0.313 e. The second-order valence-corrected chi connectivity index (χ2v) is 5.13. The van der Waals surface area contributed by atoms with Crippen LogP contribution in [0.15, 0.2) is 30.3 Å². The minimum absolute atomic E-state index is 0.00300. The van der Waals surface area contributed by atoms with Crippen molar-refractivity contribution >= 4 is 5.97 Å². The first-order valence-corrected chi connectivity index (χ1v) is 6.43. The topological polar surface area (TPSA) is 26.3 Å². The molecule has 0 N–H and O–H groups in total. The van der Waals surface area contributed by atoms with Gasteiger partial charge in [-0.25, -0.2) is 0 Å². The van der Waals surface area contributed by atoms with Crippen LogP contribution < -0.4 is 0 Å². The molecule has 1 saturated heterocycles. The van der Waals surface area contributed by atoms with E-state index in [2.05, 4.69) is 38.1 Å². The molecule has 1 heterocycles. The van der Waals surface area contributed by atoms with Gasteiger partial charge >= 0.3 is 5.97 Å². The van der Waals surface area contributed by atoms with E-state index in [1.54, 1.807) is 0 Å². The number of carbonyl (C=O) groups is 1. The maximum atomic E-state index is 11.4. The van der Waals surface area contributed by atoms with Gasteiger partial charge in [0.15, 0.2) is 0 Å². The molecule has 92 valence electrons. The fourth-order valence-electron chi connectivity index (χ4n) is 2.42. The first kappa shape index (κ1) is 12.2. The highest BCUT2D eigenvalue weighted by atomic mass is 16.6. The summed E-state index contributed by atoms with van der Waals surface area (Å²) >= 11 is 0. The van der Waals surface area contributed by atoms with Crippen LogP contribution >= 0.6 is 0 Å². The zero-order valence-corrected chi connectivity index (χ0v) is 10.6. The molecule has 0 bridgehead atoms. The molecule has 0 radical (unpaired) electrons. The summed E-state index contributed by atoms with van der Waals surface area (Å²) < 4.78 is 5.18. The van der Waals surface area contributed by atoms with Gasteiger partial charge in [-0.3, -0.25) is 4.79 Å². The lowest BCUT2D eigenvalue weighted by atomic mass is 9.84. The third-order valence-corrected chi connectivity index (χ3v) is 3.43. The molecule has 2 unspecified atom stereocenters. The van der Waals surface area contributed by atoms with E-state index < -0.39 is 0 Å². The highest BCUT2D eigenvalue weighted by molar-refractivity contribution is 5.78. The Kier molecular flexibility index (Phi) is 3.82. The lowest BCUT2D eigenvalue weighted by molar-refractivity contribution is -0.190. The molecule has 0 amide bonds. The lowest BCUT2D eigenvalue weighted by Crippen LogP contribution is -2.48. The van der Waals surface area contributed by atoms with Gasteiger partial charge in [-0.15, -0.1) is 0 Å². The largest absolute Gasteiger partial charge is 0.461 e. The summed E-state index contributed by atoms with van der Waals surface area (Å²) in [6.45, 7) is 4.22. The van der Waals surface area contributed by atoms with Crippen LogP contribution in [0.1, 0.15) is 32.3 Å². The Hall–Kier alpha value is -1.31. The molecule has 1 aromatic rings. The molecular weight excluding hydrogens is 212 g/mol. The molecule has 0 aliphatic carbocycles. The first-order chi connectivity index (χ1) is 8.18. The molecular formula is C15H20O2. The van der Waals surface area contributed by atoms with Gasteiger partial charge < -0.3 is 4.74 Å². The average molecular weight is 232 g/mol. The van der Waals surface area contributed by atoms with Crippen molar-refractivity contribution in [2.24, 2.45) is 11.8 Å². The second kappa shape index (κ2) is 5.35. The third kappa shape index (κ3) is 2.87. The number of rotatable bonds is 5. The molecule has 0 aromatic heterocycles. The number of carbonyl (C=O) groups excluding carboxylic acids is 1. The van der Waals surface area contributed by atoms with Gasteiger partial charge in [-0.1, -0.05) is 44.2 Å². The molecule has 0 saturated carbocycles. The normalized spacial score (nSPS) is 23.4. The first-order valence-electron chi connectivity index (χ1n) is 6.43. The van der Waals surface area contributed by atoms with Crippen LogP contribution in [0.2, 0.25) is 0 Å². The highest BCUT2D eigenvalue weighted by Crippen LogP contribution is 2.32. The lowest BCUT2D eigenvalue weighted by Gasteiger charge is -2.37. The van der Waals surface area contributed by atoms with Crippen molar-refractivity contribution in [1.29, 1.82) is 0 Å². The van der Waals surface area contributed by atoms with E-state index in [0.717, 1.165) is 19.3 Å². The summed E-state index contributed by atoms with van der Waals surface area (Å²) in [5, 5.41) is 0. The number of cyclic esters (lactones) is 1. The van der Waals surface area contributed by atoms with Gasteiger partial charge in [0.25, 0.3) is 0 Å². The monoisotopic (exact) mass is 232 g/mol. The van der Waals surface area contributed by atoms with Crippen LogP contribution in [0.5, 0.6) is 0 Å². The second-order valence-electron chi connectivity index (χ2n) is 5.13. The summed E-state index contributed by atoms with van der Waals surface area (Å²) in [6, 6.07) is 10.4. The quantitative estimate of drug-likeness (QED) is 0.729. The van der Waals surface area contributed by atoms with E-state index in [-0.39, 0.29) is 18.0 Å². The minimum atomic E-state index is -0.00300. The van der Waals surface area contributed by atoms with Crippen LogP contribution in [-0.4, -0.2) is 12.1 Å². The maximum Gasteiger partial charge on any atom is 0.313 e. The van der Waals surface area contributed by atoms with E-state index in [1.165, 1.54) is 5.56 Å². The zero-order valence-electron chi connectivity index (χ0n) is 10.6. The molecule has 0 spiro atoms. The Morgan fingerprint density at radius 3 is 2.53 bits per heavy atom. The predicted molar refractivity (Wildman–Crippen MR) is 67.6 cm³/mol. The summed E-state index contributed by atoms with van der Waals surface area (Å²) in [4.78, 5) is 11.4. The predicted octanol–water partition coefficient (Wildman–Crippen LogP) is 3.21. The van der Waals surface area contributed by atoms with Gasteiger partial charge in [-0.2, -0.15) is 0 Å². The van der Waals surface area contributed by atoms with Gasteiger partial charge in [0, 0.05) is 0 Å². The third-order valence-electron chi connectivity index (χ3n) is 3.43. The standard InChI is InChI=1S/C15H20O2/c1-11(2)14-13(15(16)17-14)10-6-9-12-7-4-3-5-8-12/h3-5,7-8,11,13-14H,6,9-10H2,1-2H3. The fourth-order valence-corrected chi connectivity index (χ4v) is 2.42. The molecule has 2 heteroatoms. The number of esters is 1. The van der Waals surface area contributed by atoms with Gasteiger partial charge in [0.2, 0.25) is 0 Å². The van der Waals surface area contributed by atoms with Crippen LogP contribution in [-0.2, 0) is 16.0 Å². The Labute approximate surface area is 103 Å². The molecule has 2 atom stereocenters. The van der Waals surface area contributed by atoms with E-state index in [0.29, 0.717) is 5.92 Å². The van der Waals surface area contributed by atoms with E-state index in [1.807, 2.05) is 6.07 Å². The Bertz CT molecular complexity index is 370. The van der Waals surface area contributed by atoms with Crippen molar-refractivity contribution in [3.8, 4) is 0 Å². The molecule has 2 rings (SSSR count). The summed E-state index contributed by atoms with van der Waals surface area (Å²) in [5.41, 5.74) is 1.35. The van der Waals surface area contributed by atoms with E-state index in [4.69, 9.17) is 4.74 Å². The van der Waals surface area contributed by atoms with Crippen molar-refractivity contribution in [3.05, 3.63) is 35.9 Å². The van der Waals surface area contributed by atoms with Crippen molar-refractivity contribution in [3.63, 3.8) is 0 Å². The zero-order chi connectivity index (χ0) is 12.3. The molecule has 1 fully saturated rings. The molecule has 1 aliphatic heterocycles. The van der Waals surface area contributed by atoms with Crippen molar-refractivity contribution < 1.29 is 9.53 Å². The van der Waals surface area contributed by atoms with Crippen LogP contribution in [0.3, 0.4) is 0 Å². The Morgan fingerprint density at radius 1 is 1.24 bits per heavy atom. The highest BCUT2D eigenvalue weighted by Gasteiger charge is 2.43. The average Bonchev–Trinajstić information content (AvgIpc) is 2.32. The van der Waals surface area contributed by atoms with Crippen molar-refractivity contribution in [1.82, 2.24) is 0 Å². The maximum absolute atomic E-state index is 11.4. The molecule has 1 aromatic carbocycles. The van der Waals surface area contributed by atoms with Crippen LogP contribution in [0.25, 0.3) is 0 Å². The number of hydrogen-bond acceptors (Lipinski definition) is 2. The Balaban J connectivity index is 1.77. The minimum Gasteiger partial charge on any atom is -0.461 e. The van der Waals surface area contributed by atoms with Crippen molar-refractivity contribution in [2.45, 2.75) is 39.2 Å². The number of aryl methyl sites for hydroxylation is 1. The van der Waals surface area contributed by atoms with Gasteiger partial charge in [0.1, 0.15) is 6.10 Å². The van der Waals surface area contributed by atoms with Crippen molar-refractivity contribution in [2.75, 3.05) is 0 Å².